The fourth-order valence-corrected chi connectivity index (χ4v) is 7.30. The molecular formula is C20H22Cl4Si2. The molecule has 0 saturated carbocycles. The molecular weight excluding hydrogens is 438 g/mol. The lowest BCUT2D eigenvalue weighted by Crippen LogP contribution is -2.05. The van der Waals surface area contributed by atoms with Gasteiger partial charge in [0.05, 0.1) is 28.0 Å². The molecule has 0 unspecified atom stereocenters. The number of hydrogen-bond acceptors (Lipinski definition) is 0. The van der Waals surface area contributed by atoms with Crippen molar-refractivity contribution < 1.29 is 0 Å². The third-order valence-electron chi connectivity index (χ3n) is 4.85. The first-order valence-electron chi connectivity index (χ1n) is 9.05. The highest BCUT2D eigenvalue weighted by atomic mass is 35.5. The molecule has 0 N–H and O–H groups in total. The summed E-state index contributed by atoms with van der Waals surface area (Å²) in [5.41, 5.74) is 2.87. The Kier molecular flexibility index (Phi) is 7.74. The van der Waals surface area contributed by atoms with Crippen molar-refractivity contribution in [3.05, 3.63) is 59.7 Å². The van der Waals surface area contributed by atoms with Crippen molar-refractivity contribution >= 4 is 87.0 Å². The van der Waals surface area contributed by atoms with E-state index in [1.165, 1.54) is 32.7 Å². The van der Waals surface area contributed by atoms with Crippen molar-refractivity contribution in [1.82, 2.24) is 0 Å². The van der Waals surface area contributed by atoms with Crippen LogP contribution >= 0.6 is 46.4 Å². The average molecular weight is 460 g/mol. The van der Waals surface area contributed by atoms with Crippen LogP contribution in [0.2, 0.25) is 12.1 Å². The van der Waals surface area contributed by atoms with Crippen molar-refractivity contribution in [3.63, 3.8) is 0 Å². The molecule has 3 rings (SSSR count). The van der Waals surface area contributed by atoms with E-state index in [1.807, 2.05) is 0 Å². The number of halogens is 4. The molecule has 0 aliphatic carbocycles. The van der Waals surface area contributed by atoms with Crippen molar-refractivity contribution in [2.75, 3.05) is 0 Å². The molecule has 0 aliphatic rings. The van der Waals surface area contributed by atoms with Crippen LogP contribution in [0.1, 0.15) is 11.1 Å². The minimum Gasteiger partial charge on any atom is -0.110 e. The fourth-order valence-electron chi connectivity index (χ4n) is 3.71. The van der Waals surface area contributed by atoms with Crippen LogP contribution in [0, 0.1) is 0 Å². The SMILES string of the molecule is ClC(Cl)[SiH2]CCc1c2ccccc2c(CC[SiH2]C(Cl)Cl)c2ccccc12. The van der Waals surface area contributed by atoms with E-state index < -0.39 is 19.0 Å². The second-order valence-corrected chi connectivity index (χ2v) is 15.4. The largest absolute Gasteiger partial charge is 0.110 e. The summed E-state index contributed by atoms with van der Waals surface area (Å²) >= 11 is 24.0. The van der Waals surface area contributed by atoms with Crippen LogP contribution in [0.4, 0.5) is 0 Å². The predicted molar refractivity (Wildman–Crippen MR) is 127 cm³/mol. The number of alkyl halides is 4. The summed E-state index contributed by atoms with van der Waals surface area (Å²) in [5, 5.41) is 5.47. The van der Waals surface area contributed by atoms with Gasteiger partial charge in [-0.05, 0) is 45.5 Å². The zero-order valence-corrected chi connectivity index (χ0v) is 20.4. The Morgan fingerprint density at radius 2 is 0.885 bits per heavy atom. The van der Waals surface area contributed by atoms with E-state index in [2.05, 4.69) is 48.5 Å². The molecule has 0 saturated heterocycles. The van der Waals surface area contributed by atoms with Gasteiger partial charge in [-0.1, -0.05) is 60.6 Å². The second kappa shape index (κ2) is 9.81. The molecule has 3 aromatic rings. The highest BCUT2D eigenvalue weighted by Gasteiger charge is 2.14. The minimum atomic E-state index is -0.455. The first-order chi connectivity index (χ1) is 12.6. The molecule has 0 fully saturated rings. The van der Waals surface area contributed by atoms with Crippen molar-refractivity contribution in [1.29, 1.82) is 0 Å². The Morgan fingerprint density at radius 3 is 1.15 bits per heavy atom. The molecule has 0 spiro atoms. The Bertz CT molecular complexity index is 751. The topological polar surface area (TPSA) is 0 Å². The van der Waals surface area contributed by atoms with E-state index in [9.17, 15) is 0 Å². The molecule has 0 aromatic heterocycles. The Labute approximate surface area is 179 Å². The van der Waals surface area contributed by atoms with E-state index in [0.717, 1.165) is 24.9 Å². The zero-order chi connectivity index (χ0) is 18.5. The van der Waals surface area contributed by atoms with Crippen LogP contribution in [-0.2, 0) is 12.8 Å². The van der Waals surface area contributed by atoms with Crippen LogP contribution in [0.15, 0.2) is 48.5 Å². The molecule has 0 heterocycles. The number of benzene rings is 3. The maximum Gasteiger partial charge on any atom is 0.0908 e. The number of rotatable bonds is 8. The van der Waals surface area contributed by atoms with Gasteiger partial charge in [-0.2, -0.15) is 0 Å². The normalized spacial score (nSPS) is 12.8. The highest BCUT2D eigenvalue weighted by Crippen LogP contribution is 2.34. The van der Waals surface area contributed by atoms with E-state index in [1.54, 1.807) is 0 Å². The molecule has 138 valence electrons. The first kappa shape index (κ1) is 20.5. The lowest BCUT2D eigenvalue weighted by Gasteiger charge is -2.17. The molecule has 6 heteroatoms. The third-order valence-corrected chi connectivity index (χ3v) is 9.87. The maximum atomic E-state index is 6.00. The van der Waals surface area contributed by atoms with Crippen LogP contribution in [-0.4, -0.2) is 28.0 Å². The van der Waals surface area contributed by atoms with Crippen LogP contribution in [0.3, 0.4) is 0 Å². The molecule has 0 bridgehead atoms. The van der Waals surface area contributed by atoms with Crippen molar-refractivity contribution in [2.45, 2.75) is 33.8 Å². The lowest BCUT2D eigenvalue weighted by molar-refractivity contribution is 1.13. The first-order valence-corrected chi connectivity index (χ1v) is 14.4. The second-order valence-electron chi connectivity index (χ2n) is 6.61. The summed E-state index contributed by atoms with van der Waals surface area (Å²) in [6.45, 7) is 0. The predicted octanol–water partition coefficient (Wildman–Crippen LogP) is 5.77. The van der Waals surface area contributed by atoms with E-state index in [0.29, 0.717) is 0 Å². The quantitative estimate of drug-likeness (QED) is 0.227. The van der Waals surface area contributed by atoms with Gasteiger partial charge in [0.25, 0.3) is 0 Å². The molecule has 26 heavy (non-hydrogen) atoms. The standard InChI is InChI=1S/C20H22Cl4Si2/c21-19(22)25-11-9-17-13-5-1-2-6-14(13)18(10-12-26-20(23)24)16-8-4-3-7-15(16)17/h1-8,19-20H,9-12,25-26H2. The monoisotopic (exact) mass is 458 g/mol. The highest BCUT2D eigenvalue weighted by molar-refractivity contribution is 6.69. The van der Waals surface area contributed by atoms with Gasteiger partial charge in [0, 0.05) is 0 Å². The van der Waals surface area contributed by atoms with E-state index in [4.69, 9.17) is 46.4 Å². The molecule has 0 atom stereocenters. The summed E-state index contributed by atoms with van der Waals surface area (Å²) in [6.07, 6.45) is 2.09. The molecule has 3 aromatic carbocycles. The maximum absolute atomic E-state index is 6.00. The fraction of sp³-hybridized carbons (Fsp3) is 0.300. The van der Waals surface area contributed by atoms with Crippen molar-refractivity contribution in [3.8, 4) is 0 Å². The number of hydrogen-bond donors (Lipinski definition) is 0. The van der Waals surface area contributed by atoms with Gasteiger partial charge in [0.2, 0.25) is 0 Å². The van der Waals surface area contributed by atoms with Crippen LogP contribution < -0.4 is 0 Å². The van der Waals surface area contributed by atoms with E-state index in [-0.39, 0.29) is 8.92 Å². The minimum absolute atomic E-state index is 0.157. The van der Waals surface area contributed by atoms with Crippen LogP contribution in [0.25, 0.3) is 21.5 Å². The van der Waals surface area contributed by atoms with Crippen molar-refractivity contribution in [2.24, 2.45) is 0 Å². The summed E-state index contributed by atoms with van der Waals surface area (Å²) in [4.78, 5) is 0. The van der Waals surface area contributed by atoms with E-state index >= 15 is 0 Å². The molecule has 0 amide bonds. The van der Waals surface area contributed by atoms with Gasteiger partial charge < -0.3 is 0 Å². The van der Waals surface area contributed by atoms with Gasteiger partial charge in [-0.25, -0.2) is 0 Å². The van der Waals surface area contributed by atoms with Gasteiger partial charge in [-0.3, -0.25) is 0 Å². The van der Waals surface area contributed by atoms with Gasteiger partial charge in [0.1, 0.15) is 0 Å². The Balaban J connectivity index is 2.09. The smallest absolute Gasteiger partial charge is 0.0908 e. The lowest BCUT2D eigenvalue weighted by atomic mass is 9.89. The summed E-state index contributed by atoms with van der Waals surface area (Å²) < 4.78 is -0.313. The Hall–Kier alpha value is -0.226. The molecule has 0 radical (unpaired) electrons. The van der Waals surface area contributed by atoms with Gasteiger partial charge in [0.15, 0.2) is 0 Å². The number of fused-ring (bicyclic) bond motifs is 2. The van der Waals surface area contributed by atoms with Gasteiger partial charge in [-0.15, -0.1) is 46.4 Å². The Morgan fingerprint density at radius 1 is 0.577 bits per heavy atom. The summed E-state index contributed by atoms with van der Waals surface area (Å²) in [6, 6.07) is 19.8. The zero-order valence-electron chi connectivity index (χ0n) is 14.5. The van der Waals surface area contributed by atoms with Crippen LogP contribution in [0.5, 0.6) is 0 Å². The average Bonchev–Trinajstić information content (AvgIpc) is 2.62. The van der Waals surface area contributed by atoms with Gasteiger partial charge >= 0.3 is 0 Å². The summed E-state index contributed by atoms with van der Waals surface area (Å²) in [5.74, 6) is 0. The molecule has 0 aliphatic heterocycles. The summed E-state index contributed by atoms with van der Waals surface area (Å²) in [7, 11) is -0.911. The number of aryl methyl sites for hydroxylation is 2. The third kappa shape index (κ3) is 4.98. The molecule has 0 nitrogen and oxygen atoms in total.